The molecule has 11 heteroatoms. The lowest BCUT2D eigenvalue weighted by Gasteiger charge is -2.36. The first kappa shape index (κ1) is 20.6. The zero-order chi connectivity index (χ0) is 21.8. The molecule has 2 aromatic heterocycles. The number of hydrogen-bond donors (Lipinski definition) is 3. The molecule has 2 aromatic rings. The lowest BCUT2D eigenvalue weighted by molar-refractivity contribution is -0.196. The highest BCUT2D eigenvalue weighted by Crippen LogP contribution is 2.44. The lowest BCUT2D eigenvalue weighted by Crippen LogP contribution is -2.47. The first-order valence-corrected chi connectivity index (χ1v) is 10.7. The largest absolute Gasteiger partial charge is 0.481 e. The molecule has 0 amide bonds. The van der Waals surface area contributed by atoms with Gasteiger partial charge < -0.3 is 30.4 Å². The first-order valence-electron chi connectivity index (χ1n) is 10.7. The van der Waals surface area contributed by atoms with Crippen LogP contribution >= 0.6 is 0 Å². The molecular weight excluding hydrogens is 404 g/mol. The average Bonchev–Trinajstić information content (AvgIpc) is 3.32. The molecule has 0 spiro atoms. The second kappa shape index (κ2) is 7.66. The van der Waals surface area contributed by atoms with Gasteiger partial charge in [-0.25, -0.2) is 15.0 Å². The molecular formula is C20H28N6O5. The van der Waals surface area contributed by atoms with E-state index in [1.165, 1.54) is 6.33 Å². The van der Waals surface area contributed by atoms with Gasteiger partial charge in [-0.1, -0.05) is 0 Å². The van der Waals surface area contributed by atoms with Crippen LogP contribution in [0.2, 0.25) is 0 Å². The molecule has 5 rings (SSSR count). The molecule has 2 aliphatic heterocycles. The smallest absolute Gasteiger partial charge is 0.303 e. The third-order valence-electron chi connectivity index (χ3n) is 6.40. The zero-order valence-corrected chi connectivity index (χ0v) is 17.6. The number of hydrogen-bond acceptors (Lipinski definition) is 9. The van der Waals surface area contributed by atoms with Crippen LogP contribution in [0.4, 0.5) is 5.82 Å². The second-order valence-corrected chi connectivity index (χ2v) is 9.09. The van der Waals surface area contributed by atoms with Gasteiger partial charge in [-0.05, 0) is 39.0 Å². The van der Waals surface area contributed by atoms with E-state index in [4.69, 9.17) is 25.1 Å². The molecule has 4 atom stereocenters. The van der Waals surface area contributed by atoms with Crippen LogP contribution in [0.15, 0.2) is 12.7 Å². The Labute approximate surface area is 179 Å². The molecule has 1 saturated carbocycles. The van der Waals surface area contributed by atoms with Crippen LogP contribution < -0.4 is 11.1 Å². The molecule has 168 valence electrons. The summed E-state index contributed by atoms with van der Waals surface area (Å²) in [7, 11) is 0. The summed E-state index contributed by atoms with van der Waals surface area (Å²) >= 11 is 0. The average molecular weight is 432 g/mol. The Morgan fingerprint density at radius 1 is 1.29 bits per heavy atom. The first-order chi connectivity index (χ1) is 14.8. The number of carboxylic acid groups (broad SMARTS) is 1. The number of aliphatic carboxylic acids is 1. The third kappa shape index (κ3) is 3.86. The topological polar surface area (TPSA) is 147 Å². The van der Waals surface area contributed by atoms with Crippen molar-refractivity contribution in [2.75, 3.05) is 12.3 Å². The van der Waals surface area contributed by atoms with E-state index >= 15 is 0 Å². The molecule has 3 aliphatic rings. The summed E-state index contributed by atoms with van der Waals surface area (Å²) in [5.41, 5.74) is 7.06. The molecule has 0 bridgehead atoms. The van der Waals surface area contributed by atoms with Gasteiger partial charge in [0.15, 0.2) is 23.5 Å². The van der Waals surface area contributed by atoms with Crippen molar-refractivity contribution < 1.29 is 24.1 Å². The minimum Gasteiger partial charge on any atom is -0.481 e. The van der Waals surface area contributed by atoms with Crippen LogP contribution in [0, 0.1) is 5.92 Å². The Balaban J connectivity index is 1.27. The van der Waals surface area contributed by atoms with Crippen molar-refractivity contribution in [2.24, 2.45) is 5.92 Å². The SMILES string of the molecule is CC1(C)O[C@@H]2[C@H](O1)[C@@H](CNC1CC(CCC(=O)O)C1)O[C@H]2n1cnc2c(N)ncnc21. The number of nitrogens with zero attached hydrogens (tertiary/aromatic N) is 4. The maximum Gasteiger partial charge on any atom is 0.303 e. The summed E-state index contributed by atoms with van der Waals surface area (Å²) in [4.78, 5) is 23.4. The van der Waals surface area contributed by atoms with Crippen LogP contribution in [-0.4, -0.2) is 67.3 Å². The highest BCUT2D eigenvalue weighted by Gasteiger charge is 2.56. The van der Waals surface area contributed by atoms with Gasteiger partial charge in [-0.15, -0.1) is 0 Å². The number of nitrogens with two attached hydrogens (primary N) is 1. The third-order valence-corrected chi connectivity index (χ3v) is 6.40. The maximum atomic E-state index is 10.7. The molecule has 2 saturated heterocycles. The van der Waals surface area contributed by atoms with E-state index in [1.807, 2.05) is 18.4 Å². The van der Waals surface area contributed by atoms with Gasteiger partial charge >= 0.3 is 5.97 Å². The van der Waals surface area contributed by atoms with Gasteiger partial charge in [0.05, 0.1) is 6.33 Å². The number of aromatic nitrogens is 4. The van der Waals surface area contributed by atoms with E-state index < -0.39 is 18.0 Å². The highest BCUT2D eigenvalue weighted by molar-refractivity contribution is 5.81. The molecule has 0 radical (unpaired) electrons. The van der Waals surface area contributed by atoms with Gasteiger partial charge in [-0.2, -0.15) is 0 Å². The van der Waals surface area contributed by atoms with E-state index in [0.29, 0.717) is 35.5 Å². The molecule has 0 unspecified atom stereocenters. The molecule has 31 heavy (non-hydrogen) atoms. The quantitative estimate of drug-likeness (QED) is 0.580. The van der Waals surface area contributed by atoms with E-state index in [9.17, 15) is 4.79 Å². The lowest BCUT2D eigenvalue weighted by atomic mass is 9.77. The van der Waals surface area contributed by atoms with Gasteiger partial charge in [0.2, 0.25) is 0 Å². The molecule has 4 N–H and O–H groups in total. The van der Waals surface area contributed by atoms with Crippen molar-refractivity contribution in [3.8, 4) is 0 Å². The monoisotopic (exact) mass is 432 g/mol. The number of anilines is 1. The van der Waals surface area contributed by atoms with E-state index in [-0.39, 0.29) is 24.7 Å². The van der Waals surface area contributed by atoms with Crippen molar-refractivity contribution >= 4 is 23.0 Å². The van der Waals surface area contributed by atoms with Crippen LogP contribution in [0.1, 0.15) is 45.8 Å². The minimum absolute atomic E-state index is 0.202. The Bertz CT molecular complexity index is 974. The van der Waals surface area contributed by atoms with Gasteiger partial charge in [-0.3, -0.25) is 9.36 Å². The second-order valence-electron chi connectivity index (χ2n) is 9.09. The molecule has 3 fully saturated rings. The maximum absolute atomic E-state index is 10.7. The van der Waals surface area contributed by atoms with Crippen molar-refractivity contribution in [2.45, 2.75) is 75.9 Å². The summed E-state index contributed by atoms with van der Waals surface area (Å²) < 4.78 is 20.6. The number of carbonyl (C=O) groups is 1. The number of ether oxygens (including phenoxy) is 3. The number of carboxylic acids is 1. The van der Waals surface area contributed by atoms with Crippen molar-refractivity contribution in [3.63, 3.8) is 0 Å². The molecule has 1 aliphatic carbocycles. The van der Waals surface area contributed by atoms with Crippen LogP contribution in [-0.2, 0) is 19.0 Å². The Morgan fingerprint density at radius 3 is 2.84 bits per heavy atom. The molecule has 0 aromatic carbocycles. The van der Waals surface area contributed by atoms with Gasteiger partial charge in [0.1, 0.15) is 30.2 Å². The van der Waals surface area contributed by atoms with Gasteiger partial charge in [0, 0.05) is 19.0 Å². The number of nitrogens with one attached hydrogen (secondary N) is 1. The van der Waals surface area contributed by atoms with Gasteiger partial charge in [0.25, 0.3) is 0 Å². The van der Waals surface area contributed by atoms with E-state index in [1.54, 1.807) is 6.33 Å². The minimum atomic E-state index is -0.729. The van der Waals surface area contributed by atoms with Crippen molar-refractivity contribution in [3.05, 3.63) is 12.7 Å². The molecule has 11 nitrogen and oxygen atoms in total. The fourth-order valence-corrected chi connectivity index (χ4v) is 4.85. The molecule has 4 heterocycles. The predicted octanol–water partition coefficient (Wildman–Crippen LogP) is 1.06. The fourth-order valence-electron chi connectivity index (χ4n) is 4.85. The van der Waals surface area contributed by atoms with Crippen LogP contribution in [0.25, 0.3) is 11.2 Å². The van der Waals surface area contributed by atoms with E-state index in [0.717, 1.165) is 19.3 Å². The van der Waals surface area contributed by atoms with Crippen LogP contribution in [0.5, 0.6) is 0 Å². The summed E-state index contributed by atoms with van der Waals surface area (Å²) in [5.74, 6) is -0.639. The Morgan fingerprint density at radius 2 is 2.06 bits per heavy atom. The standard InChI is InChI=1S/C20H28N6O5/c1-20(2)30-15-12(7-22-11-5-10(6-11)3-4-13(27)28)29-19(16(15)31-20)26-9-25-14-17(21)23-8-24-18(14)26/h8-12,15-16,19,22H,3-7H2,1-2H3,(H,27,28)(H2,21,23,24)/t10?,11?,12-,15-,16-,19-/m1/s1. The normalized spacial score (nSPS) is 34.0. The van der Waals surface area contributed by atoms with Crippen LogP contribution in [0.3, 0.4) is 0 Å². The van der Waals surface area contributed by atoms with E-state index in [2.05, 4.69) is 20.3 Å². The summed E-state index contributed by atoms with van der Waals surface area (Å²) in [6.45, 7) is 4.42. The number of fused-ring (bicyclic) bond motifs is 2. The Kier molecular flexibility index (Phi) is 5.08. The summed E-state index contributed by atoms with van der Waals surface area (Å²) in [6.07, 6.45) is 4.84. The summed E-state index contributed by atoms with van der Waals surface area (Å²) in [5, 5.41) is 12.4. The fraction of sp³-hybridized carbons (Fsp3) is 0.700. The number of nitrogen functional groups attached to an aromatic ring is 1. The zero-order valence-electron chi connectivity index (χ0n) is 17.6. The van der Waals surface area contributed by atoms with Crippen molar-refractivity contribution in [1.82, 2.24) is 24.8 Å². The Hall–Kier alpha value is -2.34. The number of imidazole rings is 1. The summed E-state index contributed by atoms with van der Waals surface area (Å²) in [6, 6.07) is 0.372. The van der Waals surface area contributed by atoms with Crippen molar-refractivity contribution in [1.29, 1.82) is 0 Å². The highest BCUT2D eigenvalue weighted by atomic mass is 16.8. The number of rotatable bonds is 7. The predicted molar refractivity (Wildman–Crippen MR) is 109 cm³/mol.